The van der Waals surface area contributed by atoms with Crippen LogP contribution in [0.15, 0.2) is 30.3 Å². The van der Waals surface area contributed by atoms with Crippen molar-refractivity contribution in [3.63, 3.8) is 0 Å². The zero-order valence-electron chi connectivity index (χ0n) is 16.0. The minimum atomic E-state index is -0.365. The second-order valence-electron chi connectivity index (χ2n) is 7.65. The Morgan fingerprint density at radius 2 is 1.70 bits per heavy atom. The number of hydrogen-bond acceptors (Lipinski definition) is 3. The van der Waals surface area contributed by atoms with Gasteiger partial charge in [-0.3, -0.25) is 4.79 Å². The fourth-order valence-corrected chi connectivity index (χ4v) is 4.02. The first-order valence-electron chi connectivity index (χ1n) is 10.2. The number of piperidine rings is 1. The van der Waals surface area contributed by atoms with Crippen molar-refractivity contribution in [2.45, 2.75) is 44.6 Å². The molecule has 0 radical (unpaired) electrons. The zero-order chi connectivity index (χ0) is 19.1. The first-order chi connectivity index (χ1) is 13.1. The van der Waals surface area contributed by atoms with E-state index in [0.29, 0.717) is 32.5 Å². The summed E-state index contributed by atoms with van der Waals surface area (Å²) in [6.45, 7) is 3.41. The molecule has 2 aliphatic rings. The van der Waals surface area contributed by atoms with E-state index in [-0.39, 0.29) is 24.0 Å². The first kappa shape index (κ1) is 19.7. The van der Waals surface area contributed by atoms with Crippen molar-refractivity contribution in [1.29, 1.82) is 0 Å². The van der Waals surface area contributed by atoms with Crippen LogP contribution in [-0.4, -0.2) is 65.7 Å². The Hall–Kier alpha value is -2.08. The van der Waals surface area contributed by atoms with Crippen molar-refractivity contribution in [3.05, 3.63) is 35.9 Å². The van der Waals surface area contributed by atoms with Crippen molar-refractivity contribution < 1.29 is 14.7 Å². The number of carbonyl (C=O) groups excluding carboxylic acids is 2. The number of nitrogens with zero attached hydrogens (tertiary/aromatic N) is 2. The summed E-state index contributed by atoms with van der Waals surface area (Å²) in [4.78, 5) is 28.0. The number of likely N-dealkylation sites (tertiary alicyclic amines) is 2. The third-order valence-corrected chi connectivity index (χ3v) is 5.73. The minimum absolute atomic E-state index is 0.0970. The fraction of sp³-hybridized carbons (Fsp3) is 0.619. The molecule has 0 bridgehead atoms. The van der Waals surface area contributed by atoms with Gasteiger partial charge in [-0.25, -0.2) is 4.79 Å². The zero-order valence-corrected chi connectivity index (χ0v) is 16.0. The van der Waals surface area contributed by atoms with E-state index in [4.69, 9.17) is 0 Å². The highest BCUT2D eigenvalue weighted by molar-refractivity contribution is 5.78. The quantitative estimate of drug-likeness (QED) is 0.801. The lowest BCUT2D eigenvalue weighted by Gasteiger charge is -2.34. The van der Waals surface area contributed by atoms with Gasteiger partial charge in [0.1, 0.15) is 0 Å². The maximum atomic E-state index is 12.3. The van der Waals surface area contributed by atoms with Crippen LogP contribution in [-0.2, 0) is 11.2 Å². The molecule has 27 heavy (non-hydrogen) atoms. The first-order valence-corrected chi connectivity index (χ1v) is 10.2. The van der Waals surface area contributed by atoms with Crippen LogP contribution in [0, 0.1) is 5.92 Å². The average molecular weight is 373 g/mol. The molecule has 0 aliphatic carbocycles. The minimum Gasteiger partial charge on any atom is -0.392 e. The van der Waals surface area contributed by atoms with Gasteiger partial charge >= 0.3 is 6.03 Å². The van der Waals surface area contributed by atoms with Gasteiger partial charge in [-0.15, -0.1) is 0 Å². The summed E-state index contributed by atoms with van der Waals surface area (Å²) < 4.78 is 0. The van der Waals surface area contributed by atoms with Crippen molar-refractivity contribution in [3.8, 4) is 0 Å². The molecule has 6 nitrogen and oxygen atoms in total. The number of aliphatic hydroxyl groups is 1. The smallest absolute Gasteiger partial charge is 0.317 e. The number of benzene rings is 1. The van der Waals surface area contributed by atoms with Gasteiger partial charge in [-0.05, 0) is 43.6 Å². The summed E-state index contributed by atoms with van der Waals surface area (Å²) in [6, 6.07) is 9.93. The second-order valence-corrected chi connectivity index (χ2v) is 7.65. The van der Waals surface area contributed by atoms with E-state index in [2.05, 4.69) is 5.32 Å². The number of hydrogen-bond donors (Lipinski definition) is 2. The molecule has 148 valence electrons. The molecule has 1 aromatic carbocycles. The van der Waals surface area contributed by atoms with E-state index >= 15 is 0 Å². The molecule has 3 rings (SSSR count). The molecule has 2 aliphatic heterocycles. The van der Waals surface area contributed by atoms with E-state index in [1.807, 2.05) is 35.2 Å². The maximum Gasteiger partial charge on any atom is 0.317 e. The molecule has 0 saturated carbocycles. The van der Waals surface area contributed by atoms with Gasteiger partial charge in [0.25, 0.3) is 0 Å². The Balaban J connectivity index is 1.34. The van der Waals surface area contributed by atoms with Crippen LogP contribution < -0.4 is 5.32 Å². The van der Waals surface area contributed by atoms with E-state index in [0.717, 1.165) is 44.3 Å². The Morgan fingerprint density at radius 3 is 2.37 bits per heavy atom. The lowest BCUT2D eigenvalue weighted by Crippen LogP contribution is -2.46. The third-order valence-electron chi connectivity index (χ3n) is 5.73. The van der Waals surface area contributed by atoms with Crippen molar-refractivity contribution in [2.24, 2.45) is 5.92 Å². The van der Waals surface area contributed by atoms with E-state index in [1.54, 1.807) is 4.90 Å². The van der Waals surface area contributed by atoms with Gasteiger partial charge in [-0.1, -0.05) is 30.3 Å². The van der Waals surface area contributed by atoms with Crippen molar-refractivity contribution in [2.75, 3.05) is 32.7 Å². The van der Waals surface area contributed by atoms with E-state index in [1.165, 1.54) is 0 Å². The van der Waals surface area contributed by atoms with Gasteiger partial charge in [0, 0.05) is 39.1 Å². The van der Waals surface area contributed by atoms with Crippen LogP contribution >= 0.6 is 0 Å². The standard InChI is InChI=1S/C21H31N3O3/c25-19(16-17-6-2-1-3-7-17)18-9-14-24(15-10-18)21(27)22-11-8-20(26)23-12-4-5-13-23/h1-3,6-7,18-19,25H,4-5,8-16H2,(H,22,27)/t19-/m1/s1. The van der Waals surface area contributed by atoms with Crippen LogP contribution in [0.4, 0.5) is 4.79 Å². The Morgan fingerprint density at radius 1 is 1.04 bits per heavy atom. The normalized spacial score (nSPS) is 19.1. The fourth-order valence-electron chi connectivity index (χ4n) is 4.02. The number of amides is 3. The summed E-state index contributed by atoms with van der Waals surface area (Å²) in [5.74, 6) is 0.363. The summed E-state index contributed by atoms with van der Waals surface area (Å²) in [7, 11) is 0. The highest BCUT2D eigenvalue weighted by atomic mass is 16.3. The summed E-state index contributed by atoms with van der Waals surface area (Å²) in [6.07, 6.45) is 4.47. The molecule has 0 unspecified atom stereocenters. The number of nitrogens with one attached hydrogen (secondary N) is 1. The highest BCUT2D eigenvalue weighted by Crippen LogP contribution is 2.23. The molecule has 2 saturated heterocycles. The molecule has 3 amide bonds. The third kappa shape index (κ3) is 5.70. The predicted molar refractivity (Wildman–Crippen MR) is 104 cm³/mol. The summed E-state index contributed by atoms with van der Waals surface area (Å²) >= 11 is 0. The molecule has 6 heteroatoms. The monoisotopic (exact) mass is 373 g/mol. The number of carbonyl (C=O) groups is 2. The summed E-state index contributed by atoms with van der Waals surface area (Å²) in [5.41, 5.74) is 1.15. The molecule has 2 fully saturated rings. The maximum absolute atomic E-state index is 12.3. The molecular formula is C21H31N3O3. The second kappa shape index (κ2) is 9.74. The van der Waals surface area contributed by atoms with Crippen LogP contribution in [0.1, 0.15) is 37.7 Å². The summed E-state index contributed by atoms with van der Waals surface area (Å²) in [5, 5.41) is 13.4. The molecule has 2 N–H and O–H groups in total. The predicted octanol–water partition coefficient (Wildman–Crippen LogP) is 2.02. The topological polar surface area (TPSA) is 72.9 Å². The molecule has 0 aromatic heterocycles. The number of rotatable bonds is 6. The van der Waals surface area contributed by atoms with Crippen molar-refractivity contribution in [1.82, 2.24) is 15.1 Å². The van der Waals surface area contributed by atoms with Gasteiger partial charge in [0.2, 0.25) is 5.91 Å². The molecule has 1 atom stereocenters. The Labute approximate surface area is 161 Å². The van der Waals surface area contributed by atoms with Crippen molar-refractivity contribution >= 4 is 11.9 Å². The molecule has 1 aromatic rings. The van der Waals surface area contributed by atoms with E-state index < -0.39 is 0 Å². The lowest BCUT2D eigenvalue weighted by molar-refractivity contribution is -0.129. The van der Waals surface area contributed by atoms with E-state index in [9.17, 15) is 14.7 Å². The molecule has 0 spiro atoms. The average Bonchev–Trinajstić information content (AvgIpc) is 3.23. The SMILES string of the molecule is O=C(CCNC(=O)N1CCC([C@H](O)Cc2ccccc2)CC1)N1CCCC1. The van der Waals surface area contributed by atoms with Crippen LogP contribution in [0.3, 0.4) is 0 Å². The van der Waals surface area contributed by atoms with Gasteiger partial charge < -0.3 is 20.2 Å². The van der Waals surface area contributed by atoms with Crippen LogP contribution in [0.2, 0.25) is 0 Å². The molecular weight excluding hydrogens is 342 g/mol. The highest BCUT2D eigenvalue weighted by Gasteiger charge is 2.27. The Kier molecular flexibility index (Phi) is 7.10. The van der Waals surface area contributed by atoms with Crippen LogP contribution in [0.25, 0.3) is 0 Å². The van der Waals surface area contributed by atoms with Gasteiger partial charge in [-0.2, -0.15) is 0 Å². The lowest BCUT2D eigenvalue weighted by atomic mass is 9.88. The number of aliphatic hydroxyl groups excluding tert-OH is 1. The Bertz CT molecular complexity index is 608. The number of urea groups is 1. The molecule has 2 heterocycles. The van der Waals surface area contributed by atoms with Crippen LogP contribution in [0.5, 0.6) is 0 Å². The largest absolute Gasteiger partial charge is 0.392 e. The van der Waals surface area contributed by atoms with Gasteiger partial charge in [0.05, 0.1) is 6.10 Å². The van der Waals surface area contributed by atoms with Gasteiger partial charge in [0.15, 0.2) is 0 Å².